The van der Waals surface area contributed by atoms with E-state index in [1.807, 2.05) is 6.20 Å². The summed E-state index contributed by atoms with van der Waals surface area (Å²) < 4.78 is 6.60. The summed E-state index contributed by atoms with van der Waals surface area (Å²) >= 11 is 0. The van der Waals surface area contributed by atoms with Gasteiger partial charge < -0.3 is 4.42 Å². The predicted octanol–water partition coefficient (Wildman–Crippen LogP) is 9.93. The standard InChI is InChI=1S/C36H30N2O/c1-21-17-31-24(14-16-33(38-31)36(3,4)5)18-29(21)30-19-32(37-20-22(30)2)28-12-8-11-26-27-15-13-23-9-6-7-10-25(23)34(27)39-35(26)28/h6-20H,1-5H3. The first-order valence-corrected chi connectivity index (χ1v) is 13.5. The number of fused-ring (bicyclic) bond motifs is 6. The zero-order valence-electron chi connectivity index (χ0n) is 23.0. The van der Waals surface area contributed by atoms with E-state index in [1.165, 1.54) is 22.1 Å². The number of rotatable bonds is 2. The Labute approximate surface area is 228 Å². The van der Waals surface area contributed by atoms with Gasteiger partial charge in [0.2, 0.25) is 0 Å². The average molecular weight is 507 g/mol. The van der Waals surface area contributed by atoms with Crippen LogP contribution < -0.4 is 0 Å². The molecule has 7 aromatic rings. The predicted molar refractivity (Wildman–Crippen MR) is 163 cm³/mol. The first-order chi connectivity index (χ1) is 18.8. The Balaban J connectivity index is 1.41. The number of benzene rings is 4. The fraction of sp³-hybridized carbons (Fsp3) is 0.167. The molecular weight excluding hydrogens is 476 g/mol. The lowest BCUT2D eigenvalue weighted by Crippen LogP contribution is -2.13. The number of nitrogens with zero attached hydrogens (tertiary/aromatic N) is 2. The normalized spacial score (nSPS) is 12.2. The van der Waals surface area contributed by atoms with Crippen molar-refractivity contribution < 1.29 is 4.42 Å². The molecule has 3 heteroatoms. The third-order valence-corrected chi connectivity index (χ3v) is 7.86. The molecule has 0 aliphatic rings. The van der Waals surface area contributed by atoms with Gasteiger partial charge in [-0.3, -0.25) is 9.97 Å². The zero-order chi connectivity index (χ0) is 26.9. The maximum atomic E-state index is 6.60. The van der Waals surface area contributed by atoms with Gasteiger partial charge in [0.25, 0.3) is 0 Å². The lowest BCUT2D eigenvalue weighted by atomic mass is 9.90. The Hall–Kier alpha value is -4.50. The van der Waals surface area contributed by atoms with Crippen molar-refractivity contribution in [1.82, 2.24) is 9.97 Å². The molecule has 0 aliphatic heterocycles. The highest BCUT2D eigenvalue weighted by Crippen LogP contribution is 2.40. The summed E-state index contributed by atoms with van der Waals surface area (Å²) in [5, 5.41) is 5.69. The largest absolute Gasteiger partial charge is 0.455 e. The Kier molecular flexibility index (Phi) is 5.15. The van der Waals surface area contributed by atoms with Crippen molar-refractivity contribution in [2.75, 3.05) is 0 Å². The summed E-state index contributed by atoms with van der Waals surface area (Å²) in [4.78, 5) is 9.86. The second-order valence-corrected chi connectivity index (χ2v) is 11.6. The summed E-state index contributed by atoms with van der Waals surface area (Å²) in [6.07, 6.45) is 1.98. The maximum absolute atomic E-state index is 6.60. The third-order valence-electron chi connectivity index (χ3n) is 7.86. The first kappa shape index (κ1) is 23.6. The summed E-state index contributed by atoms with van der Waals surface area (Å²) in [7, 11) is 0. The lowest BCUT2D eigenvalue weighted by Gasteiger charge is -2.19. The van der Waals surface area contributed by atoms with Crippen LogP contribution >= 0.6 is 0 Å². The molecule has 0 unspecified atom stereocenters. The van der Waals surface area contributed by atoms with E-state index in [4.69, 9.17) is 14.4 Å². The van der Waals surface area contributed by atoms with Crippen LogP contribution in [0.5, 0.6) is 0 Å². The molecule has 0 spiro atoms. The Morgan fingerprint density at radius 1 is 0.615 bits per heavy atom. The van der Waals surface area contributed by atoms with Crippen molar-refractivity contribution in [2.24, 2.45) is 0 Å². The molecule has 0 atom stereocenters. The van der Waals surface area contributed by atoms with Gasteiger partial charge in [-0.15, -0.1) is 0 Å². The van der Waals surface area contributed by atoms with Gasteiger partial charge >= 0.3 is 0 Å². The first-order valence-electron chi connectivity index (χ1n) is 13.5. The van der Waals surface area contributed by atoms with E-state index >= 15 is 0 Å². The van der Waals surface area contributed by atoms with Crippen LogP contribution in [0.1, 0.15) is 37.6 Å². The maximum Gasteiger partial charge on any atom is 0.144 e. The quantitative estimate of drug-likeness (QED) is 0.234. The van der Waals surface area contributed by atoms with Gasteiger partial charge in [0.05, 0.1) is 11.2 Å². The van der Waals surface area contributed by atoms with Gasteiger partial charge in [0.1, 0.15) is 11.2 Å². The summed E-state index contributed by atoms with van der Waals surface area (Å²) in [5.74, 6) is 0. The van der Waals surface area contributed by atoms with Gasteiger partial charge in [-0.05, 0) is 77.9 Å². The number of pyridine rings is 2. The minimum absolute atomic E-state index is 0.0152. The van der Waals surface area contributed by atoms with Crippen LogP contribution in [0.15, 0.2) is 95.5 Å². The molecule has 0 saturated carbocycles. The van der Waals surface area contributed by atoms with Gasteiger partial charge in [-0.25, -0.2) is 0 Å². The van der Waals surface area contributed by atoms with Crippen LogP contribution in [0.2, 0.25) is 0 Å². The highest BCUT2D eigenvalue weighted by molar-refractivity contribution is 6.17. The molecule has 0 aliphatic carbocycles. The van der Waals surface area contributed by atoms with E-state index in [-0.39, 0.29) is 5.41 Å². The molecule has 3 nitrogen and oxygen atoms in total. The molecule has 0 fully saturated rings. The molecule has 3 heterocycles. The molecule has 0 bridgehead atoms. The van der Waals surface area contributed by atoms with Crippen molar-refractivity contribution in [3.05, 3.63) is 108 Å². The highest BCUT2D eigenvalue weighted by Gasteiger charge is 2.18. The number of aryl methyl sites for hydroxylation is 2. The van der Waals surface area contributed by atoms with Gasteiger partial charge in [0.15, 0.2) is 0 Å². The van der Waals surface area contributed by atoms with E-state index < -0.39 is 0 Å². The van der Waals surface area contributed by atoms with Gasteiger partial charge in [-0.2, -0.15) is 0 Å². The van der Waals surface area contributed by atoms with Gasteiger partial charge in [0, 0.05) is 44.4 Å². The third kappa shape index (κ3) is 3.80. The second kappa shape index (κ2) is 8.51. The smallest absolute Gasteiger partial charge is 0.144 e. The summed E-state index contributed by atoms with van der Waals surface area (Å²) in [6.45, 7) is 10.9. The van der Waals surface area contributed by atoms with E-state index in [1.54, 1.807) is 0 Å². The van der Waals surface area contributed by atoms with Crippen LogP contribution in [-0.4, -0.2) is 9.97 Å². The minimum Gasteiger partial charge on any atom is -0.455 e. The van der Waals surface area contributed by atoms with Crippen LogP contribution in [0.25, 0.3) is 66.0 Å². The van der Waals surface area contributed by atoms with E-state index in [9.17, 15) is 0 Å². The minimum atomic E-state index is 0.0152. The molecular formula is C36H30N2O. The summed E-state index contributed by atoms with van der Waals surface area (Å²) in [6, 6.07) is 30.1. The number of hydrogen-bond donors (Lipinski definition) is 0. The number of aromatic nitrogens is 2. The molecule has 7 rings (SSSR count). The highest BCUT2D eigenvalue weighted by atomic mass is 16.3. The Morgan fingerprint density at radius 3 is 2.21 bits per heavy atom. The van der Waals surface area contributed by atoms with E-state index in [0.717, 1.165) is 60.7 Å². The molecule has 4 aromatic carbocycles. The number of furan rings is 1. The average Bonchev–Trinajstić information content (AvgIpc) is 3.32. The fourth-order valence-electron chi connectivity index (χ4n) is 5.67. The van der Waals surface area contributed by atoms with Crippen molar-refractivity contribution in [3.63, 3.8) is 0 Å². The monoisotopic (exact) mass is 506 g/mol. The fourth-order valence-corrected chi connectivity index (χ4v) is 5.67. The van der Waals surface area contributed by atoms with Crippen LogP contribution in [0.3, 0.4) is 0 Å². The molecule has 0 saturated heterocycles. The van der Waals surface area contributed by atoms with Crippen molar-refractivity contribution >= 4 is 43.6 Å². The molecule has 190 valence electrons. The summed E-state index contributed by atoms with van der Waals surface area (Å²) in [5.41, 5.74) is 10.6. The zero-order valence-corrected chi connectivity index (χ0v) is 23.0. The second-order valence-electron chi connectivity index (χ2n) is 11.6. The SMILES string of the molecule is Cc1cnc(-c2cccc3c2oc2c4ccccc4ccc32)cc1-c1cc2ccc(C(C)(C)C)nc2cc1C. The molecule has 0 amide bonds. The van der Waals surface area contributed by atoms with Crippen LogP contribution in [-0.2, 0) is 5.41 Å². The number of hydrogen-bond acceptors (Lipinski definition) is 3. The van der Waals surface area contributed by atoms with E-state index in [0.29, 0.717) is 0 Å². The molecule has 3 aromatic heterocycles. The van der Waals surface area contributed by atoms with Crippen LogP contribution in [0, 0.1) is 13.8 Å². The van der Waals surface area contributed by atoms with Crippen LogP contribution in [0.4, 0.5) is 0 Å². The topological polar surface area (TPSA) is 38.9 Å². The molecule has 39 heavy (non-hydrogen) atoms. The van der Waals surface area contributed by atoms with Gasteiger partial charge in [-0.1, -0.05) is 69.3 Å². The van der Waals surface area contributed by atoms with Crippen molar-refractivity contribution in [3.8, 4) is 22.4 Å². The lowest BCUT2D eigenvalue weighted by molar-refractivity contribution is 0.571. The van der Waals surface area contributed by atoms with Crippen molar-refractivity contribution in [2.45, 2.75) is 40.0 Å². The van der Waals surface area contributed by atoms with E-state index in [2.05, 4.69) is 120 Å². The molecule has 0 radical (unpaired) electrons. The van der Waals surface area contributed by atoms with Crippen molar-refractivity contribution in [1.29, 1.82) is 0 Å². The Bertz CT molecular complexity index is 2080. The molecule has 0 N–H and O–H groups in total. The Morgan fingerprint density at radius 2 is 1.36 bits per heavy atom. The number of para-hydroxylation sites is 1.